The van der Waals surface area contributed by atoms with Gasteiger partial charge in [-0.2, -0.15) is 5.26 Å². The number of furan rings is 1. The van der Waals surface area contributed by atoms with Crippen molar-refractivity contribution in [1.82, 2.24) is 0 Å². The maximum absolute atomic E-state index is 12.1. The fourth-order valence-corrected chi connectivity index (χ4v) is 2.00. The lowest BCUT2D eigenvalue weighted by molar-refractivity contribution is 0.0918. The molecule has 92 valence electrons. The van der Waals surface area contributed by atoms with Crippen LogP contribution in [0.4, 0.5) is 0 Å². The number of nitriles is 1. The van der Waals surface area contributed by atoms with E-state index in [0.29, 0.717) is 12.0 Å². The molecule has 0 aliphatic heterocycles. The molecule has 0 spiro atoms. The van der Waals surface area contributed by atoms with E-state index in [1.165, 1.54) is 0 Å². The zero-order valence-electron chi connectivity index (χ0n) is 10.6. The molecule has 2 aromatic rings. The summed E-state index contributed by atoms with van der Waals surface area (Å²) in [6, 6.07) is 9.53. The third-order valence-corrected chi connectivity index (χ3v) is 2.96. The summed E-state index contributed by atoms with van der Waals surface area (Å²) in [5.41, 5.74) is 1.81. The number of ketones is 1. The van der Waals surface area contributed by atoms with Gasteiger partial charge in [0.05, 0.1) is 6.07 Å². The van der Waals surface area contributed by atoms with Crippen LogP contribution in [0.3, 0.4) is 0 Å². The minimum absolute atomic E-state index is 0.215. The van der Waals surface area contributed by atoms with Crippen molar-refractivity contribution in [3.8, 4) is 6.07 Å². The van der Waals surface area contributed by atoms with Gasteiger partial charge in [-0.15, -0.1) is 0 Å². The molecule has 0 radical (unpaired) electrons. The van der Waals surface area contributed by atoms with Crippen molar-refractivity contribution in [2.24, 2.45) is 5.92 Å². The number of hydrogen-bond donors (Lipinski definition) is 0. The lowest BCUT2D eigenvalue weighted by Gasteiger charge is -2.02. The lowest BCUT2D eigenvalue weighted by Crippen LogP contribution is -2.11. The number of fused-ring (bicyclic) bond motifs is 1. The van der Waals surface area contributed by atoms with Gasteiger partial charge in [0.15, 0.2) is 5.76 Å². The number of carbonyl (C=O) groups is 1. The largest absolute Gasteiger partial charge is 0.453 e. The molecule has 1 aromatic heterocycles. The summed E-state index contributed by atoms with van der Waals surface area (Å²) in [4.78, 5) is 12.1. The molecule has 0 aliphatic rings. The fourth-order valence-electron chi connectivity index (χ4n) is 2.00. The molecule has 1 heterocycles. The Balaban J connectivity index is 2.36. The highest BCUT2D eigenvalue weighted by atomic mass is 16.3. The van der Waals surface area contributed by atoms with E-state index in [4.69, 9.17) is 9.68 Å². The average Bonchev–Trinajstić information content (AvgIpc) is 2.77. The molecule has 3 heteroatoms. The predicted molar refractivity (Wildman–Crippen MR) is 69.3 cm³/mol. The second-order valence-corrected chi connectivity index (χ2v) is 4.49. The maximum Gasteiger partial charge on any atom is 0.215 e. The summed E-state index contributed by atoms with van der Waals surface area (Å²) in [6.45, 7) is 3.95. The number of benzene rings is 1. The first-order valence-electron chi connectivity index (χ1n) is 6.09. The van der Waals surface area contributed by atoms with Gasteiger partial charge in [0.25, 0.3) is 0 Å². The Morgan fingerprint density at radius 2 is 2.22 bits per heavy atom. The van der Waals surface area contributed by atoms with Crippen LogP contribution in [0, 0.1) is 24.2 Å². The molecule has 1 atom stereocenters. The summed E-state index contributed by atoms with van der Waals surface area (Å²) in [7, 11) is 0. The van der Waals surface area contributed by atoms with Crippen LogP contribution >= 0.6 is 0 Å². The quantitative estimate of drug-likeness (QED) is 0.763. The summed E-state index contributed by atoms with van der Waals surface area (Å²) < 4.78 is 5.51. The fraction of sp³-hybridized carbons (Fsp3) is 0.333. The molecule has 2 rings (SSSR count). The van der Waals surface area contributed by atoms with E-state index in [2.05, 4.69) is 0 Å². The lowest BCUT2D eigenvalue weighted by atomic mass is 9.98. The second kappa shape index (κ2) is 5.05. The van der Waals surface area contributed by atoms with E-state index < -0.39 is 5.92 Å². The molecule has 0 amide bonds. The van der Waals surface area contributed by atoms with Gasteiger partial charge in [0.1, 0.15) is 11.5 Å². The number of nitrogens with zero attached hydrogens (tertiary/aromatic N) is 1. The van der Waals surface area contributed by atoms with Gasteiger partial charge in [-0.05, 0) is 31.5 Å². The Hall–Kier alpha value is -2.08. The molecule has 0 saturated heterocycles. The molecular formula is C15H15NO2. The van der Waals surface area contributed by atoms with E-state index in [1.54, 1.807) is 6.07 Å². The first-order chi connectivity index (χ1) is 8.65. The van der Waals surface area contributed by atoms with Crippen LogP contribution in [0.25, 0.3) is 11.0 Å². The normalized spacial score (nSPS) is 12.3. The summed E-state index contributed by atoms with van der Waals surface area (Å²) in [6.07, 6.45) is 1.38. The second-order valence-electron chi connectivity index (χ2n) is 4.49. The van der Waals surface area contributed by atoms with Crippen LogP contribution in [0.5, 0.6) is 0 Å². The Labute approximate surface area is 106 Å². The molecular weight excluding hydrogens is 226 g/mol. The van der Waals surface area contributed by atoms with Gasteiger partial charge in [-0.25, -0.2) is 0 Å². The van der Waals surface area contributed by atoms with Gasteiger partial charge >= 0.3 is 0 Å². The minimum Gasteiger partial charge on any atom is -0.453 e. The first kappa shape index (κ1) is 12.4. The van der Waals surface area contributed by atoms with E-state index in [0.717, 1.165) is 17.4 Å². The average molecular weight is 241 g/mol. The SMILES string of the molecule is CCCC(C#N)C(=O)c1cc2cc(C)ccc2o1. The van der Waals surface area contributed by atoms with Gasteiger partial charge in [0.2, 0.25) is 5.78 Å². The van der Waals surface area contributed by atoms with Crippen LogP contribution in [0.1, 0.15) is 35.9 Å². The van der Waals surface area contributed by atoms with Crippen molar-refractivity contribution in [2.45, 2.75) is 26.7 Å². The zero-order chi connectivity index (χ0) is 13.1. The van der Waals surface area contributed by atoms with Gasteiger partial charge in [0, 0.05) is 5.39 Å². The third-order valence-electron chi connectivity index (χ3n) is 2.96. The Kier molecular flexibility index (Phi) is 3.47. The van der Waals surface area contributed by atoms with Crippen LogP contribution < -0.4 is 0 Å². The van der Waals surface area contributed by atoms with E-state index in [9.17, 15) is 4.79 Å². The standard InChI is InChI=1S/C15H15NO2/c1-3-4-11(9-16)15(17)14-8-12-7-10(2)5-6-13(12)18-14/h5-8,11H,3-4H2,1-2H3. The van der Waals surface area contributed by atoms with E-state index in [1.807, 2.05) is 38.1 Å². The third kappa shape index (κ3) is 2.28. The molecule has 0 bridgehead atoms. The topological polar surface area (TPSA) is 54.0 Å². The molecule has 3 nitrogen and oxygen atoms in total. The Morgan fingerprint density at radius 1 is 1.44 bits per heavy atom. The van der Waals surface area contributed by atoms with Crippen LogP contribution in [0.2, 0.25) is 0 Å². The monoisotopic (exact) mass is 241 g/mol. The molecule has 0 fully saturated rings. The predicted octanol–water partition coefficient (Wildman–Crippen LogP) is 3.86. The summed E-state index contributed by atoms with van der Waals surface area (Å²) >= 11 is 0. The Bertz CT molecular complexity index is 619. The van der Waals surface area contributed by atoms with Crippen molar-refractivity contribution in [3.05, 3.63) is 35.6 Å². The Morgan fingerprint density at radius 3 is 2.89 bits per heavy atom. The molecule has 0 aliphatic carbocycles. The van der Waals surface area contributed by atoms with Gasteiger partial charge < -0.3 is 4.42 Å². The molecule has 1 unspecified atom stereocenters. The zero-order valence-corrected chi connectivity index (χ0v) is 10.6. The van der Waals surface area contributed by atoms with Crippen LogP contribution in [0.15, 0.2) is 28.7 Å². The van der Waals surface area contributed by atoms with E-state index >= 15 is 0 Å². The number of rotatable bonds is 4. The first-order valence-corrected chi connectivity index (χ1v) is 6.09. The number of aryl methyl sites for hydroxylation is 1. The minimum atomic E-state index is -0.600. The highest BCUT2D eigenvalue weighted by molar-refractivity contribution is 6.00. The van der Waals surface area contributed by atoms with Crippen molar-refractivity contribution in [1.29, 1.82) is 5.26 Å². The van der Waals surface area contributed by atoms with Crippen molar-refractivity contribution in [3.63, 3.8) is 0 Å². The van der Waals surface area contributed by atoms with Crippen molar-refractivity contribution < 1.29 is 9.21 Å². The molecule has 1 aromatic carbocycles. The highest BCUT2D eigenvalue weighted by Gasteiger charge is 2.22. The van der Waals surface area contributed by atoms with Crippen molar-refractivity contribution in [2.75, 3.05) is 0 Å². The smallest absolute Gasteiger partial charge is 0.215 e. The number of hydrogen-bond acceptors (Lipinski definition) is 3. The molecule has 0 N–H and O–H groups in total. The summed E-state index contributed by atoms with van der Waals surface area (Å²) in [5, 5.41) is 9.90. The molecule has 0 saturated carbocycles. The van der Waals surface area contributed by atoms with E-state index in [-0.39, 0.29) is 11.5 Å². The summed E-state index contributed by atoms with van der Waals surface area (Å²) in [5.74, 6) is -0.527. The van der Waals surface area contributed by atoms with Crippen LogP contribution in [-0.4, -0.2) is 5.78 Å². The van der Waals surface area contributed by atoms with Crippen molar-refractivity contribution >= 4 is 16.8 Å². The highest BCUT2D eigenvalue weighted by Crippen LogP contribution is 2.23. The van der Waals surface area contributed by atoms with Crippen LogP contribution in [-0.2, 0) is 0 Å². The maximum atomic E-state index is 12.1. The number of Topliss-reactive ketones (excluding diaryl/α,β-unsaturated/α-hetero) is 1. The van der Waals surface area contributed by atoms with Gasteiger partial charge in [-0.3, -0.25) is 4.79 Å². The van der Waals surface area contributed by atoms with Gasteiger partial charge in [-0.1, -0.05) is 25.0 Å². The molecule has 18 heavy (non-hydrogen) atoms. The number of carbonyl (C=O) groups excluding carboxylic acids is 1.